The molecule has 1 aromatic carbocycles. The predicted octanol–water partition coefficient (Wildman–Crippen LogP) is 2.66. The maximum absolute atomic E-state index is 10.8. The second-order valence-corrected chi connectivity index (χ2v) is 5.18. The number of hydrogen-bond acceptors (Lipinski definition) is 4. The SMILES string of the molecule is COc1ccc2c(N3CCC(C=O)CC3)nccc2c1. The minimum atomic E-state index is 0.210. The summed E-state index contributed by atoms with van der Waals surface area (Å²) in [4.78, 5) is 17.6. The first kappa shape index (κ1) is 12.9. The number of carbonyl (C=O) groups is 1. The Bertz CT molecular complexity index is 619. The number of ether oxygens (including phenoxy) is 1. The van der Waals surface area contributed by atoms with Gasteiger partial charge in [0, 0.05) is 30.6 Å². The van der Waals surface area contributed by atoms with Gasteiger partial charge in [-0.1, -0.05) is 0 Å². The minimum Gasteiger partial charge on any atom is -0.497 e. The average Bonchev–Trinajstić information content (AvgIpc) is 2.54. The van der Waals surface area contributed by atoms with Crippen molar-refractivity contribution in [2.75, 3.05) is 25.1 Å². The molecule has 0 unspecified atom stereocenters. The summed E-state index contributed by atoms with van der Waals surface area (Å²) >= 11 is 0. The molecule has 3 rings (SSSR count). The van der Waals surface area contributed by atoms with Crippen molar-refractivity contribution in [2.24, 2.45) is 5.92 Å². The largest absolute Gasteiger partial charge is 0.497 e. The van der Waals surface area contributed by atoms with E-state index in [1.54, 1.807) is 7.11 Å². The topological polar surface area (TPSA) is 42.4 Å². The molecule has 0 aliphatic carbocycles. The van der Waals surface area contributed by atoms with Gasteiger partial charge in [-0.2, -0.15) is 0 Å². The minimum absolute atomic E-state index is 0.210. The first-order valence-corrected chi connectivity index (χ1v) is 6.95. The Balaban J connectivity index is 1.93. The highest BCUT2D eigenvalue weighted by Gasteiger charge is 2.20. The van der Waals surface area contributed by atoms with Crippen LogP contribution in [-0.2, 0) is 4.79 Å². The van der Waals surface area contributed by atoms with E-state index in [0.717, 1.165) is 54.6 Å². The lowest BCUT2D eigenvalue weighted by atomic mass is 9.98. The van der Waals surface area contributed by atoms with Crippen LogP contribution in [0.4, 0.5) is 5.82 Å². The number of methoxy groups -OCH3 is 1. The Kier molecular flexibility index (Phi) is 3.54. The number of carbonyl (C=O) groups excluding carboxylic acids is 1. The zero-order valence-electron chi connectivity index (χ0n) is 11.6. The number of benzene rings is 1. The molecule has 4 heteroatoms. The van der Waals surface area contributed by atoms with Gasteiger partial charge in [0.2, 0.25) is 0 Å². The van der Waals surface area contributed by atoms with Crippen molar-refractivity contribution in [3.05, 3.63) is 30.5 Å². The number of anilines is 1. The summed E-state index contributed by atoms with van der Waals surface area (Å²) in [6.07, 6.45) is 4.75. The summed E-state index contributed by atoms with van der Waals surface area (Å²) in [5.41, 5.74) is 0. The summed E-state index contributed by atoms with van der Waals surface area (Å²) in [6.45, 7) is 1.78. The number of aldehydes is 1. The van der Waals surface area contributed by atoms with Gasteiger partial charge in [-0.3, -0.25) is 0 Å². The molecule has 0 atom stereocenters. The van der Waals surface area contributed by atoms with Crippen molar-refractivity contribution >= 4 is 22.9 Å². The molecule has 0 spiro atoms. The number of nitrogens with zero attached hydrogens (tertiary/aromatic N) is 2. The number of pyridine rings is 1. The van der Waals surface area contributed by atoms with E-state index >= 15 is 0 Å². The van der Waals surface area contributed by atoms with Gasteiger partial charge >= 0.3 is 0 Å². The van der Waals surface area contributed by atoms with Gasteiger partial charge in [-0.05, 0) is 42.5 Å². The van der Waals surface area contributed by atoms with Crippen molar-refractivity contribution in [2.45, 2.75) is 12.8 Å². The van der Waals surface area contributed by atoms with Crippen LogP contribution in [0.15, 0.2) is 30.5 Å². The molecule has 2 aromatic rings. The molecule has 1 fully saturated rings. The van der Waals surface area contributed by atoms with E-state index in [0.29, 0.717) is 0 Å². The summed E-state index contributed by atoms with van der Waals surface area (Å²) in [5.74, 6) is 2.07. The van der Waals surface area contributed by atoms with E-state index in [-0.39, 0.29) is 5.92 Å². The number of hydrogen-bond donors (Lipinski definition) is 0. The fourth-order valence-electron chi connectivity index (χ4n) is 2.77. The third-order valence-electron chi connectivity index (χ3n) is 3.98. The second kappa shape index (κ2) is 5.49. The summed E-state index contributed by atoms with van der Waals surface area (Å²) in [7, 11) is 1.67. The highest BCUT2D eigenvalue weighted by Crippen LogP contribution is 2.29. The first-order valence-electron chi connectivity index (χ1n) is 6.95. The fourth-order valence-corrected chi connectivity index (χ4v) is 2.77. The Morgan fingerprint density at radius 1 is 1.30 bits per heavy atom. The van der Waals surface area contributed by atoms with E-state index < -0.39 is 0 Å². The molecule has 0 amide bonds. The van der Waals surface area contributed by atoms with Gasteiger partial charge in [0.05, 0.1) is 7.11 Å². The number of aromatic nitrogens is 1. The van der Waals surface area contributed by atoms with Crippen LogP contribution < -0.4 is 9.64 Å². The van der Waals surface area contributed by atoms with E-state index in [2.05, 4.69) is 16.0 Å². The second-order valence-electron chi connectivity index (χ2n) is 5.18. The highest BCUT2D eigenvalue weighted by atomic mass is 16.5. The van der Waals surface area contributed by atoms with E-state index in [9.17, 15) is 4.79 Å². The van der Waals surface area contributed by atoms with Gasteiger partial charge in [0.25, 0.3) is 0 Å². The molecule has 0 bridgehead atoms. The quantitative estimate of drug-likeness (QED) is 0.804. The molecule has 1 aromatic heterocycles. The van der Waals surface area contributed by atoms with Crippen molar-refractivity contribution in [3.63, 3.8) is 0 Å². The van der Waals surface area contributed by atoms with Crippen LogP contribution in [0.25, 0.3) is 10.8 Å². The molecule has 1 saturated heterocycles. The van der Waals surface area contributed by atoms with Gasteiger partial charge in [0.1, 0.15) is 17.9 Å². The van der Waals surface area contributed by atoms with Crippen molar-refractivity contribution in [1.82, 2.24) is 4.98 Å². The molecule has 1 aliphatic rings. The van der Waals surface area contributed by atoms with Gasteiger partial charge in [-0.15, -0.1) is 0 Å². The molecule has 1 aliphatic heterocycles. The van der Waals surface area contributed by atoms with Crippen molar-refractivity contribution in [1.29, 1.82) is 0 Å². The Labute approximate surface area is 118 Å². The molecule has 0 N–H and O–H groups in total. The fraction of sp³-hybridized carbons (Fsp3) is 0.375. The van der Waals surface area contributed by atoms with Crippen LogP contribution in [0.2, 0.25) is 0 Å². The molecular formula is C16H18N2O2. The molecule has 2 heterocycles. The van der Waals surface area contributed by atoms with Crippen LogP contribution in [0, 0.1) is 5.92 Å². The summed E-state index contributed by atoms with van der Waals surface area (Å²) in [5, 5.41) is 2.27. The van der Waals surface area contributed by atoms with Gasteiger partial charge in [-0.25, -0.2) is 4.98 Å². The molecule has 4 nitrogen and oxygen atoms in total. The smallest absolute Gasteiger partial charge is 0.136 e. The zero-order valence-corrected chi connectivity index (χ0v) is 11.6. The number of fused-ring (bicyclic) bond motifs is 1. The lowest BCUT2D eigenvalue weighted by Gasteiger charge is -2.31. The Morgan fingerprint density at radius 2 is 2.10 bits per heavy atom. The van der Waals surface area contributed by atoms with Crippen LogP contribution in [0.3, 0.4) is 0 Å². The molecule has 0 saturated carbocycles. The van der Waals surface area contributed by atoms with Crippen LogP contribution in [-0.4, -0.2) is 31.5 Å². The zero-order chi connectivity index (χ0) is 13.9. The van der Waals surface area contributed by atoms with E-state index in [1.165, 1.54) is 0 Å². The third-order valence-corrected chi connectivity index (χ3v) is 3.98. The number of rotatable bonds is 3. The predicted molar refractivity (Wildman–Crippen MR) is 79.3 cm³/mol. The van der Waals surface area contributed by atoms with E-state index in [4.69, 9.17) is 4.74 Å². The standard InChI is InChI=1S/C16H18N2O2/c1-20-14-2-3-15-13(10-14)4-7-17-16(15)18-8-5-12(11-19)6-9-18/h2-4,7,10-12H,5-6,8-9H2,1H3. The van der Waals surface area contributed by atoms with Gasteiger partial charge < -0.3 is 14.4 Å². The van der Waals surface area contributed by atoms with Crippen molar-refractivity contribution in [3.8, 4) is 5.75 Å². The summed E-state index contributed by atoms with van der Waals surface area (Å²) < 4.78 is 5.26. The Hall–Kier alpha value is -2.10. The first-order chi connectivity index (χ1) is 9.81. The maximum atomic E-state index is 10.8. The molecule has 20 heavy (non-hydrogen) atoms. The normalized spacial score (nSPS) is 16.4. The summed E-state index contributed by atoms with van der Waals surface area (Å²) in [6, 6.07) is 8.05. The van der Waals surface area contributed by atoms with Crippen LogP contribution >= 0.6 is 0 Å². The van der Waals surface area contributed by atoms with Crippen LogP contribution in [0.1, 0.15) is 12.8 Å². The highest BCUT2D eigenvalue weighted by molar-refractivity contribution is 5.93. The lowest BCUT2D eigenvalue weighted by Crippen LogP contribution is -2.34. The monoisotopic (exact) mass is 270 g/mol. The van der Waals surface area contributed by atoms with Gasteiger partial charge in [0.15, 0.2) is 0 Å². The van der Waals surface area contributed by atoms with Crippen molar-refractivity contribution < 1.29 is 9.53 Å². The Morgan fingerprint density at radius 3 is 2.80 bits per heavy atom. The molecular weight excluding hydrogens is 252 g/mol. The maximum Gasteiger partial charge on any atom is 0.136 e. The molecule has 0 radical (unpaired) electrons. The average molecular weight is 270 g/mol. The van der Waals surface area contributed by atoms with E-state index in [1.807, 2.05) is 24.4 Å². The third kappa shape index (κ3) is 2.33. The van der Waals surface area contributed by atoms with Crippen LogP contribution in [0.5, 0.6) is 5.75 Å². The lowest BCUT2D eigenvalue weighted by molar-refractivity contribution is -0.111. The number of piperidine rings is 1. The molecule has 104 valence electrons.